The van der Waals surface area contributed by atoms with Gasteiger partial charge in [-0.25, -0.2) is 4.98 Å². The van der Waals surface area contributed by atoms with Crippen LogP contribution in [-0.4, -0.2) is 25.0 Å². The minimum Gasteiger partial charge on any atom is -0.408 e. The van der Waals surface area contributed by atoms with Crippen molar-refractivity contribution >= 4 is 6.01 Å². The zero-order valence-corrected chi connectivity index (χ0v) is 12.4. The number of hydrogen-bond donors (Lipinski definition) is 1. The van der Waals surface area contributed by atoms with Crippen molar-refractivity contribution in [3.8, 4) is 0 Å². The van der Waals surface area contributed by atoms with Gasteiger partial charge in [0.1, 0.15) is 12.7 Å². The molecular weight excluding hydrogens is 280 g/mol. The first kappa shape index (κ1) is 14.2. The standard InChI is InChI=1S/C15H18N6O/c1-2-14-19-20-15(22-14)18-13(12-6-4-3-5-7-12)8-9-21-11-16-10-17-21/h3-7,10-11,13H,2,8-9H2,1H3,(H,18,20). The van der Waals surface area contributed by atoms with E-state index in [1.165, 1.54) is 11.9 Å². The summed E-state index contributed by atoms with van der Waals surface area (Å²) in [7, 11) is 0. The number of aromatic nitrogens is 5. The Morgan fingerprint density at radius 1 is 1.23 bits per heavy atom. The largest absolute Gasteiger partial charge is 0.408 e. The van der Waals surface area contributed by atoms with Crippen molar-refractivity contribution < 1.29 is 4.42 Å². The molecule has 0 saturated heterocycles. The second kappa shape index (κ2) is 6.84. The van der Waals surface area contributed by atoms with E-state index >= 15 is 0 Å². The highest BCUT2D eigenvalue weighted by molar-refractivity contribution is 5.29. The summed E-state index contributed by atoms with van der Waals surface area (Å²) in [4.78, 5) is 3.96. The second-order valence-corrected chi connectivity index (χ2v) is 4.91. The number of nitrogens with one attached hydrogen (secondary N) is 1. The van der Waals surface area contributed by atoms with E-state index in [-0.39, 0.29) is 6.04 Å². The molecular formula is C15H18N6O. The molecule has 0 radical (unpaired) electrons. The number of aryl methyl sites for hydroxylation is 2. The highest BCUT2D eigenvalue weighted by Gasteiger charge is 2.15. The SMILES string of the molecule is CCc1nnc(NC(CCn2cncn2)c2ccccc2)o1. The van der Waals surface area contributed by atoms with Crippen molar-refractivity contribution in [3.63, 3.8) is 0 Å². The Labute approximate surface area is 128 Å². The van der Waals surface area contributed by atoms with Gasteiger partial charge in [-0.2, -0.15) is 5.10 Å². The molecule has 0 aliphatic rings. The van der Waals surface area contributed by atoms with E-state index in [1.807, 2.05) is 29.8 Å². The molecule has 0 aliphatic carbocycles. The fraction of sp³-hybridized carbons (Fsp3) is 0.333. The summed E-state index contributed by atoms with van der Waals surface area (Å²) in [6.45, 7) is 2.73. The van der Waals surface area contributed by atoms with E-state index < -0.39 is 0 Å². The number of hydrogen-bond acceptors (Lipinski definition) is 6. The molecule has 0 aliphatic heterocycles. The minimum absolute atomic E-state index is 0.0653. The monoisotopic (exact) mass is 298 g/mol. The molecule has 3 aromatic rings. The number of anilines is 1. The third-order valence-electron chi connectivity index (χ3n) is 3.38. The summed E-state index contributed by atoms with van der Waals surface area (Å²) in [6.07, 6.45) is 4.81. The van der Waals surface area contributed by atoms with Gasteiger partial charge in [-0.1, -0.05) is 42.4 Å². The van der Waals surface area contributed by atoms with Gasteiger partial charge in [0.25, 0.3) is 0 Å². The summed E-state index contributed by atoms with van der Waals surface area (Å²) in [5, 5.41) is 15.5. The maximum absolute atomic E-state index is 5.55. The molecule has 1 atom stereocenters. The fourth-order valence-electron chi connectivity index (χ4n) is 2.22. The molecule has 7 heteroatoms. The lowest BCUT2D eigenvalue weighted by molar-refractivity contribution is 0.489. The van der Waals surface area contributed by atoms with Gasteiger partial charge in [0.05, 0.1) is 6.04 Å². The van der Waals surface area contributed by atoms with Crippen LogP contribution in [0.5, 0.6) is 0 Å². The molecule has 0 bridgehead atoms. The normalized spacial score (nSPS) is 12.2. The molecule has 1 unspecified atom stereocenters. The van der Waals surface area contributed by atoms with E-state index in [2.05, 4.69) is 37.7 Å². The van der Waals surface area contributed by atoms with Gasteiger partial charge >= 0.3 is 6.01 Å². The van der Waals surface area contributed by atoms with Gasteiger partial charge in [-0.15, -0.1) is 5.10 Å². The lowest BCUT2D eigenvalue weighted by atomic mass is 10.0. The molecule has 1 N–H and O–H groups in total. The summed E-state index contributed by atoms with van der Waals surface area (Å²) >= 11 is 0. The van der Waals surface area contributed by atoms with Crippen LogP contribution in [0, 0.1) is 0 Å². The third-order valence-corrected chi connectivity index (χ3v) is 3.38. The van der Waals surface area contributed by atoms with Crippen LogP contribution < -0.4 is 5.32 Å². The number of nitrogens with zero attached hydrogens (tertiary/aromatic N) is 5. The molecule has 0 saturated carbocycles. The summed E-state index contributed by atoms with van der Waals surface area (Å²) in [6, 6.07) is 10.7. The number of benzene rings is 1. The van der Waals surface area contributed by atoms with Crippen LogP contribution in [0.15, 0.2) is 47.4 Å². The highest BCUT2D eigenvalue weighted by Crippen LogP contribution is 2.22. The van der Waals surface area contributed by atoms with Crippen LogP contribution in [0.1, 0.15) is 30.8 Å². The van der Waals surface area contributed by atoms with Gasteiger partial charge in [0, 0.05) is 13.0 Å². The Morgan fingerprint density at radius 3 is 2.77 bits per heavy atom. The van der Waals surface area contributed by atoms with Crippen LogP contribution >= 0.6 is 0 Å². The van der Waals surface area contributed by atoms with Crippen molar-refractivity contribution in [2.75, 3.05) is 5.32 Å². The van der Waals surface area contributed by atoms with Crippen molar-refractivity contribution in [1.82, 2.24) is 25.0 Å². The molecule has 114 valence electrons. The fourth-order valence-corrected chi connectivity index (χ4v) is 2.22. The predicted molar refractivity (Wildman–Crippen MR) is 81.1 cm³/mol. The maximum atomic E-state index is 5.55. The van der Waals surface area contributed by atoms with Crippen LogP contribution in [0.4, 0.5) is 6.01 Å². The Kier molecular flexibility index (Phi) is 4.43. The Balaban J connectivity index is 1.73. The van der Waals surface area contributed by atoms with Crippen molar-refractivity contribution in [2.24, 2.45) is 0 Å². The van der Waals surface area contributed by atoms with E-state index in [0.717, 1.165) is 19.4 Å². The van der Waals surface area contributed by atoms with E-state index in [9.17, 15) is 0 Å². The molecule has 2 heterocycles. The van der Waals surface area contributed by atoms with Gasteiger partial charge in [-0.3, -0.25) is 4.68 Å². The van der Waals surface area contributed by atoms with Crippen LogP contribution in [-0.2, 0) is 13.0 Å². The van der Waals surface area contributed by atoms with Gasteiger partial charge < -0.3 is 9.73 Å². The summed E-state index contributed by atoms with van der Waals surface area (Å²) in [5.74, 6) is 0.630. The minimum atomic E-state index is 0.0653. The molecule has 2 aromatic heterocycles. The molecule has 22 heavy (non-hydrogen) atoms. The zero-order chi connectivity index (χ0) is 15.2. The quantitative estimate of drug-likeness (QED) is 0.721. The molecule has 0 amide bonds. The Hall–Kier alpha value is -2.70. The van der Waals surface area contributed by atoms with Gasteiger partial charge in [0.2, 0.25) is 5.89 Å². The highest BCUT2D eigenvalue weighted by atomic mass is 16.4. The lowest BCUT2D eigenvalue weighted by Gasteiger charge is -2.17. The van der Waals surface area contributed by atoms with Gasteiger partial charge in [-0.05, 0) is 12.0 Å². The first-order chi connectivity index (χ1) is 10.8. The summed E-state index contributed by atoms with van der Waals surface area (Å²) in [5.41, 5.74) is 1.17. The third kappa shape index (κ3) is 3.49. The second-order valence-electron chi connectivity index (χ2n) is 4.91. The number of rotatable bonds is 7. The predicted octanol–water partition coefficient (Wildman–Crippen LogP) is 2.47. The smallest absolute Gasteiger partial charge is 0.315 e. The topological polar surface area (TPSA) is 81.7 Å². The maximum Gasteiger partial charge on any atom is 0.315 e. The van der Waals surface area contributed by atoms with E-state index in [0.29, 0.717) is 11.9 Å². The Morgan fingerprint density at radius 2 is 2.09 bits per heavy atom. The van der Waals surface area contributed by atoms with Gasteiger partial charge in [0.15, 0.2) is 0 Å². The lowest BCUT2D eigenvalue weighted by Crippen LogP contribution is -2.14. The Bertz CT molecular complexity index is 679. The molecule has 0 spiro atoms. The first-order valence-electron chi connectivity index (χ1n) is 7.31. The van der Waals surface area contributed by atoms with Crippen LogP contribution in [0.2, 0.25) is 0 Å². The molecule has 1 aromatic carbocycles. The summed E-state index contributed by atoms with van der Waals surface area (Å²) < 4.78 is 7.36. The van der Waals surface area contributed by atoms with E-state index in [4.69, 9.17) is 4.42 Å². The average Bonchev–Trinajstić information content (AvgIpc) is 3.23. The molecule has 0 fully saturated rings. The van der Waals surface area contributed by atoms with E-state index in [1.54, 1.807) is 6.33 Å². The van der Waals surface area contributed by atoms with Crippen molar-refractivity contribution in [2.45, 2.75) is 32.4 Å². The van der Waals surface area contributed by atoms with Crippen molar-refractivity contribution in [1.29, 1.82) is 0 Å². The molecule has 3 rings (SSSR count). The first-order valence-corrected chi connectivity index (χ1v) is 7.31. The molecule has 7 nitrogen and oxygen atoms in total. The van der Waals surface area contributed by atoms with Crippen molar-refractivity contribution in [3.05, 3.63) is 54.4 Å². The van der Waals surface area contributed by atoms with Crippen LogP contribution in [0.3, 0.4) is 0 Å². The van der Waals surface area contributed by atoms with Crippen LogP contribution in [0.25, 0.3) is 0 Å². The zero-order valence-electron chi connectivity index (χ0n) is 12.4. The average molecular weight is 298 g/mol.